The minimum atomic E-state index is 0.688. The van der Waals surface area contributed by atoms with Crippen molar-refractivity contribution in [3.05, 3.63) is 113 Å². The monoisotopic (exact) mass is 436 g/mol. The van der Waals surface area contributed by atoms with Gasteiger partial charge in [0, 0.05) is 0 Å². The Kier molecular flexibility index (Phi) is 4.65. The number of fused-ring (bicyclic) bond motifs is 4. The van der Waals surface area contributed by atoms with Gasteiger partial charge in [-0.2, -0.15) is 0 Å². The van der Waals surface area contributed by atoms with Crippen LogP contribution in [0.5, 0.6) is 0 Å². The summed E-state index contributed by atoms with van der Waals surface area (Å²) in [6.07, 6.45) is 20.0. The van der Waals surface area contributed by atoms with Gasteiger partial charge in [0.15, 0.2) is 0 Å². The molecule has 0 N–H and O–H groups in total. The van der Waals surface area contributed by atoms with Gasteiger partial charge in [-0.05, 0) is 97.8 Å². The Morgan fingerprint density at radius 2 is 1.38 bits per heavy atom. The molecule has 0 saturated carbocycles. The molecular formula is C34H28. The minimum Gasteiger partial charge on any atom is -0.0839 e. The molecule has 4 aromatic rings. The number of hydrogen-bond donors (Lipinski definition) is 0. The summed E-state index contributed by atoms with van der Waals surface area (Å²) in [6, 6.07) is 25.0. The molecule has 0 spiro atoms. The summed E-state index contributed by atoms with van der Waals surface area (Å²) in [5.74, 6) is 0.688. The van der Waals surface area contributed by atoms with Crippen LogP contribution in [0.4, 0.5) is 0 Å². The van der Waals surface area contributed by atoms with Crippen molar-refractivity contribution >= 4 is 39.3 Å². The zero-order chi connectivity index (χ0) is 22.5. The first kappa shape index (κ1) is 19.8. The Morgan fingerprint density at radius 3 is 2.15 bits per heavy atom. The van der Waals surface area contributed by atoms with Gasteiger partial charge >= 0.3 is 0 Å². The quantitative estimate of drug-likeness (QED) is 0.283. The van der Waals surface area contributed by atoms with Crippen molar-refractivity contribution in [3.63, 3.8) is 0 Å². The highest BCUT2D eigenvalue weighted by molar-refractivity contribution is 6.19. The fraction of sp³-hybridized carbons (Fsp3) is 0.176. The smallest absolute Gasteiger partial charge is 0.00203 e. The highest BCUT2D eigenvalue weighted by atomic mass is 14.3. The summed E-state index contributed by atoms with van der Waals surface area (Å²) in [5.41, 5.74) is 7.18. The summed E-state index contributed by atoms with van der Waals surface area (Å²) in [7, 11) is 0. The second-order valence-corrected chi connectivity index (χ2v) is 9.87. The van der Waals surface area contributed by atoms with Gasteiger partial charge in [0.25, 0.3) is 0 Å². The van der Waals surface area contributed by atoms with Crippen LogP contribution in [0.2, 0.25) is 0 Å². The third kappa shape index (κ3) is 3.06. The lowest BCUT2D eigenvalue weighted by atomic mass is 9.77. The Labute approximate surface area is 200 Å². The largest absolute Gasteiger partial charge is 0.0839 e. The molecule has 0 aromatic heterocycles. The van der Waals surface area contributed by atoms with E-state index in [4.69, 9.17) is 0 Å². The molecule has 1 atom stereocenters. The molecule has 0 bridgehead atoms. The molecule has 3 aliphatic carbocycles. The number of hydrogen-bond acceptors (Lipinski definition) is 0. The SMILES string of the molecule is C1=CCC2CCC(c3c4ccccc4c(-c4cccc5c4=CCCC=5)c4ccccc34)=CC2=C1. The van der Waals surface area contributed by atoms with Gasteiger partial charge in [-0.3, -0.25) is 0 Å². The molecule has 0 heterocycles. The van der Waals surface area contributed by atoms with E-state index >= 15 is 0 Å². The molecule has 1 unspecified atom stereocenters. The van der Waals surface area contributed by atoms with E-state index < -0.39 is 0 Å². The normalized spacial score (nSPS) is 19.0. The Morgan fingerprint density at radius 1 is 0.676 bits per heavy atom. The van der Waals surface area contributed by atoms with E-state index in [2.05, 4.69) is 103 Å². The van der Waals surface area contributed by atoms with Crippen LogP contribution >= 0.6 is 0 Å². The second kappa shape index (κ2) is 7.99. The van der Waals surface area contributed by atoms with Gasteiger partial charge in [0.2, 0.25) is 0 Å². The molecule has 0 saturated heterocycles. The fourth-order valence-electron chi connectivity index (χ4n) is 6.38. The molecule has 34 heavy (non-hydrogen) atoms. The van der Waals surface area contributed by atoms with Gasteiger partial charge < -0.3 is 0 Å². The third-order valence-electron chi connectivity index (χ3n) is 7.96. The van der Waals surface area contributed by atoms with E-state index in [0.717, 1.165) is 19.3 Å². The second-order valence-electron chi connectivity index (χ2n) is 9.87. The predicted octanol–water partition coefficient (Wildman–Crippen LogP) is 7.69. The summed E-state index contributed by atoms with van der Waals surface area (Å²) < 4.78 is 0. The average molecular weight is 437 g/mol. The van der Waals surface area contributed by atoms with Crippen LogP contribution in [-0.4, -0.2) is 0 Å². The summed E-state index contributed by atoms with van der Waals surface area (Å²) in [5, 5.41) is 8.26. The van der Waals surface area contributed by atoms with E-state index in [9.17, 15) is 0 Å². The summed E-state index contributed by atoms with van der Waals surface area (Å²) in [4.78, 5) is 0. The number of allylic oxidation sites excluding steroid dienone is 6. The lowest BCUT2D eigenvalue weighted by Gasteiger charge is -2.27. The average Bonchev–Trinajstić information content (AvgIpc) is 2.91. The number of rotatable bonds is 2. The van der Waals surface area contributed by atoms with Gasteiger partial charge in [-0.25, -0.2) is 0 Å². The van der Waals surface area contributed by atoms with Gasteiger partial charge in [-0.15, -0.1) is 0 Å². The first-order chi connectivity index (χ1) is 16.9. The van der Waals surface area contributed by atoms with Gasteiger partial charge in [0.05, 0.1) is 0 Å². The van der Waals surface area contributed by atoms with Crippen molar-refractivity contribution in [1.29, 1.82) is 0 Å². The molecule has 164 valence electrons. The van der Waals surface area contributed by atoms with E-state index in [1.165, 1.54) is 72.7 Å². The van der Waals surface area contributed by atoms with Crippen molar-refractivity contribution in [1.82, 2.24) is 0 Å². The van der Waals surface area contributed by atoms with Crippen molar-refractivity contribution in [2.45, 2.75) is 32.1 Å². The highest BCUT2D eigenvalue weighted by Gasteiger charge is 2.24. The Hall–Kier alpha value is -3.64. The molecule has 0 amide bonds. The molecule has 0 aliphatic heterocycles. The molecule has 0 radical (unpaired) electrons. The van der Waals surface area contributed by atoms with Crippen molar-refractivity contribution in [3.8, 4) is 11.1 Å². The van der Waals surface area contributed by atoms with Crippen LogP contribution in [0.3, 0.4) is 0 Å². The lowest BCUT2D eigenvalue weighted by Crippen LogP contribution is -2.28. The summed E-state index contributed by atoms with van der Waals surface area (Å²) in [6.45, 7) is 0. The number of benzene rings is 4. The van der Waals surface area contributed by atoms with Gasteiger partial charge in [0.1, 0.15) is 0 Å². The molecule has 0 nitrogen and oxygen atoms in total. The van der Waals surface area contributed by atoms with Crippen LogP contribution in [-0.2, 0) is 0 Å². The first-order valence-corrected chi connectivity index (χ1v) is 12.7. The maximum Gasteiger partial charge on any atom is -0.00203 e. The van der Waals surface area contributed by atoms with Crippen LogP contribution in [0.15, 0.2) is 96.6 Å². The third-order valence-corrected chi connectivity index (χ3v) is 7.96. The van der Waals surface area contributed by atoms with Crippen LogP contribution in [0, 0.1) is 5.92 Å². The standard InChI is InChI=1S/C34H28/c1-2-12-25-22-26(21-20-23(25)10-1)33-29-15-5-7-17-31(29)34(32-18-8-6-16-30(32)33)28-19-9-13-24-11-3-4-14-27(24)28/h1-2,5-9,11-19,22-23H,3-4,10,20-21H2. The van der Waals surface area contributed by atoms with E-state index in [1.807, 2.05) is 0 Å². The van der Waals surface area contributed by atoms with Crippen molar-refractivity contribution in [2.75, 3.05) is 0 Å². The first-order valence-electron chi connectivity index (χ1n) is 12.7. The molecule has 4 aromatic carbocycles. The van der Waals surface area contributed by atoms with Crippen molar-refractivity contribution in [2.24, 2.45) is 5.92 Å². The van der Waals surface area contributed by atoms with E-state index in [1.54, 1.807) is 0 Å². The van der Waals surface area contributed by atoms with Crippen LogP contribution in [0.25, 0.3) is 50.4 Å². The van der Waals surface area contributed by atoms with Crippen LogP contribution in [0.1, 0.15) is 37.7 Å². The molecular weight excluding hydrogens is 408 g/mol. The van der Waals surface area contributed by atoms with Crippen LogP contribution < -0.4 is 10.4 Å². The summed E-state index contributed by atoms with van der Waals surface area (Å²) >= 11 is 0. The molecule has 3 aliphatic rings. The Balaban J connectivity index is 1.60. The lowest BCUT2D eigenvalue weighted by molar-refractivity contribution is 0.572. The molecule has 7 rings (SSSR count). The minimum absolute atomic E-state index is 0.688. The maximum atomic E-state index is 2.50. The highest BCUT2D eigenvalue weighted by Crippen LogP contribution is 2.45. The van der Waals surface area contributed by atoms with E-state index in [0.29, 0.717) is 5.92 Å². The fourth-order valence-corrected chi connectivity index (χ4v) is 6.38. The zero-order valence-corrected chi connectivity index (χ0v) is 19.4. The Bertz CT molecular complexity index is 1620. The topological polar surface area (TPSA) is 0 Å². The van der Waals surface area contributed by atoms with Gasteiger partial charge in [-0.1, -0.05) is 103 Å². The maximum absolute atomic E-state index is 2.50. The van der Waals surface area contributed by atoms with E-state index in [-0.39, 0.29) is 0 Å². The predicted molar refractivity (Wildman–Crippen MR) is 147 cm³/mol. The molecule has 0 heteroatoms. The van der Waals surface area contributed by atoms with Crippen molar-refractivity contribution < 1.29 is 0 Å². The molecule has 0 fully saturated rings. The zero-order valence-electron chi connectivity index (χ0n) is 19.4.